The number of ketones is 2. The lowest BCUT2D eigenvalue weighted by molar-refractivity contribution is -0.152. The number of hydrogen-bond acceptors (Lipinski definition) is 11. The van der Waals surface area contributed by atoms with E-state index in [9.17, 15) is 38.4 Å². The second kappa shape index (κ2) is 23.4. The Balaban J connectivity index is 1.63. The third kappa shape index (κ3) is 15.2. The lowest BCUT2D eigenvalue weighted by Crippen LogP contribution is -2.52. The standard InChI is InChI=1S/C40H48N8O11/c1-23(2)58-38(54)33(47-36(52)21-43-40(56)57-22-31-29-11-7-5-9-27(29)28-10-6-8-12-30(28)31)17-18-35(51)46-32(15-13-25(49)19-44-41)37(53)48-34(39(55)59-24(3)4)16-14-26(50)20-45-42/h5-12,19-20,23-24,31-34H,13-18,21-22H2,1-4H3,(H,43,56)(H,46,51)(H,47,52)(H,48,53)/t32-,33-,34-/m0/s1. The van der Waals surface area contributed by atoms with Crippen molar-refractivity contribution in [1.29, 1.82) is 0 Å². The molecule has 2 aromatic carbocycles. The van der Waals surface area contributed by atoms with Gasteiger partial charge in [0.25, 0.3) is 0 Å². The lowest BCUT2D eigenvalue weighted by atomic mass is 9.98. The van der Waals surface area contributed by atoms with E-state index in [0.29, 0.717) is 12.4 Å². The summed E-state index contributed by atoms with van der Waals surface area (Å²) in [7, 11) is 0. The van der Waals surface area contributed by atoms with Gasteiger partial charge in [-0.1, -0.05) is 48.5 Å². The fourth-order valence-electron chi connectivity index (χ4n) is 6.09. The van der Waals surface area contributed by atoms with E-state index in [4.69, 9.17) is 25.3 Å². The molecule has 19 heteroatoms. The minimum atomic E-state index is -1.46. The molecule has 59 heavy (non-hydrogen) atoms. The van der Waals surface area contributed by atoms with Gasteiger partial charge in [0, 0.05) is 25.2 Å². The second-order valence-electron chi connectivity index (χ2n) is 14.0. The van der Waals surface area contributed by atoms with Crippen molar-refractivity contribution in [1.82, 2.24) is 21.3 Å². The molecule has 0 bridgehead atoms. The molecule has 4 N–H and O–H groups in total. The monoisotopic (exact) mass is 816 g/mol. The van der Waals surface area contributed by atoms with E-state index < -0.39 is 90.6 Å². The van der Waals surface area contributed by atoms with Gasteiger partial charge < -0.3 is 46.5 Å². The average molecular weight is 817 g/mol. The van der Waals surface area contributed by atoms with Gasteiger partial charge in [-0.05, 0) is 69.2 Å². The number of rotatable bonds is 23. The maximum atomic E-state index is 13.4. The Morgan fingerprint density at radius 1 is 0.644 bits per heavy atom. The topological polar surface area (TPSA) is 285 Å². The molecule has 4 amide bonds. The normalized spacial score (nSPS) is 12.8. The van der Waals surface area contributed by atoms with Crippen LogP contribution in [0.2, 0.25) is 0 Å². The van der Waals surface area contributed by atoms with Gasteiger partial charge in [-0.15, -0.1) is 0 Å². The van der Waals surface area contributed by atoms with Crippen LogP contribution in [0.1, 0.15) is 83.3 Å². The highest BCUT2D eigenvalue weighted by Gasteiger charge is 2.32. The molecule has 3 atom stereocenters. The molecule has 0 saturated carbocycles. The number of benzene rings is 2. The van der Waals surface area contributed by atoms with Crippen molar-refractivity contribution < 1.29 is 62.1 Å². The first-order chi connectivity index (χ1) is 28.1. The minimum absolute atomic E-state index is 0.00440. The molecule has 19 nitrogen and oxygen atoms in total. The van der Waals surface area contributed by atoms with Crippen molar-refractivity contribution in [3.05, 3.63) is 70.7 Å². The molecule has 0 radical (unpaired) electrons. The molecule has 0 aromatic heterocycles. The zero-order valence-corrected chi connectivity index (χ0v) is 33.2. The van der Waals surface area contributed by atoms with Crippen LogP contribution in [0.5, 0.6) is 0 Å². The van der Waals surface area contributed by atoms with E-state index in [1.165, 1.54) is 0 Å². The highest BCUT2D eigenvalue weighted by Crippen LogP contribution is 2.44. The van der Waals surface area contributed by atoms with E-state index >= 15 is 0 Å². The lowest BCUT2D eigenvalue weighted by Gasteiger charge is -2.23. The van der Waals surface area contributed by atoms with Crippen LogP contribution in [0.4, 0.5) is 4.79 Å². The summed E-state index contributed by atoms with van der Waals surface area (Å²) in [6, 6.07) is 11.3. The average Bonchev–Trinajstić information content (AvgIpc) is 3.50. The Morgan fingerprint density at radius 3 is 1.61 bits per heavy atom. The molecule has 0 spiro atoms. The smallest absolute Gasteiger partial charge is 0.407 e. The first kappa shape index (κ1) is 46.5. The summed E-state index contributed by atoms with van der Waals surface area (Å²) >= 11 is 0. The molecule has 1 aliphatic rings. The van der Waals surface area contributed by atoms with Gasteiger partial charge in [-0.2, -0.15) is 9.58 Å². The summed E-state index contributed by atoms with van der Waals surface area (Å²) < 4.78 is 15.9. The third-order valence-electron chi connectivity index (χ3n) is 8.74. The van der Waals surface area contributed by atoms with Crippen molar-refractivity contribution in [2.24, 2.45) is 0 Å². The fourth-order valence-corrected chi connectivity index (χ4v) is 6.09. The number of ether oxygens (including phenoxy) is 3. The molecule has 2 aromatic rings. The number of hydrogen-bond donors (Lipinski definition) is 4. The number of nitrogens with zero attached hydrogens (tertiary/aromatic N) is 4. The van der Waals surface area contributed by atoms with E-state index in [0.717, 1.165) is 22.3 Å². The van der Waals surface area contributed by atoms with Crippen LogP contribution in [0, 0.1) is 0 Å². The second-order valence-corrected chi connectivity index (χ2v) is 14.0. The number of Topliss-reactive ketones (excluding diaryl/α,β-unsaturated/α-hetero) is 2. The Labute approximate surface area is 340 Å². The van der Waals surface area contributed by atoms with E-state index in [1.54, 1.807) is 27.7 Å². The van der Waals surface area contributed by atoms with Gasteiger partial charge in [0.1, 0.15) is 31.3 Å². The van der Waals surface area contributed by atoms with Crippen molar-refractivity contribution in [2.45, 2.75) is 102 Å². The molecule has 314 valence electrons. The molecular weight excluding hydrogens is 768 g/mol. The summed E-state index contributed by atoms with van der Waals surface area (Å²) in [5, 5.41) is 9.65. The van der Waals surface area contributed by atoms with Crippen LogP contribution in [0.15, 0.2) is 48.5 Å². The number of esters is 2. The van der Waals surface area contributed by atoms with Crippen molar-refractivity contribution >= 4 is 59.7 Å². The highest BCUT2D eigenvalue weighted by atomic mass is 16.6. The number of fused-ring (bicyclic) bond motifs is 3. The molecule has 0 heterocycles. The molecule has 1 aliphatic carbocycles. The third-order valence-corrected chi connectivity index (χ3v) is 8.74. The Kier molecular flexibility index (Phi) is 18.5. The number of amides is 4. The van der Waals surface area contributed by atoms with Gasteiger partial charge in [-0.3, -0.25) is 24.0 Å². The zero-order chi connectivity index (χ0) is 43.5. The number of carbonyl (C=O) groups is 8. The molecule has 0 unspecified atom stereocenters. The Hall–Kier alpha value is -6.84. The summed E-state index contributed by atoms with van der Waals surface area (Å²) in [6.07, 6.45) is -2.93. The van der Waals surface area contributed by atoms with Gasteiger partial charge in [0.05, 0.1) is 12.2 Å². The van der Waals surface area contributed by atoms with Crippen molar-refractivity contribution in [2.75, 3.05) is 13.2 Å². The van der Waals surface area contributed by atoms with Crippen LogP contribution in [-0.2, 0) is 47.8 Å². The van der Waals surface area contributed by atoms with Crippen molar-refractivity contribution in [3.63, 3.8) is 0 Å². The molecule has 3 rings (SSSR count). The molecular formula is C40H48N8O11. The highest BCUT2D eigenvalue weighted by molar-refractivity contribution is 6.25. The van der Waals surface area contributed by atoms with E-state index in [-0.39, 0.29) is 44.6 Å². The maximum absolute atomic E-state index is 13.4. The Bertz CT molecular complexity index is 1940. The summed E-state index contributed by atoms with van der Waals surface area (Å²) in [5.41, 5.74) is 21.4. The van der Waals surface area contributed by atoms with Gasteiger partial charge in [0.2, 0.25) is 29.3 Å². The zero-order valence-electron chi connectivity index (χ0n) is 33.2. The van der Waals surface area contributed by atoms with Crippen LogP contribution >= 0.6 is 0 Å². The maximum Gasteiger partial charge on any atom is 0.407 e. The number of alkyl carbamates (subject to hydrolysis) is 1. The number of nitrogens with one attached hydrogen (secondary N) is 4. The van der Waals surface area contributed by atoms with E-state index in [2.05, 4.69) is 30.8 Å². The largest absolute Gasteiger partial charge is 0.461 e. The van der Waals surface area contributed by atoms with Gasteiger partial charge in [0.15, 0.2) is 0 Å². The fraction of sp³-hybridized carbons (Fsp3) is 0.450. The SMILES string of the molecule is CC(C)OC(=O)[C@H](CCC(=O)N[C@@H](CCC(=O)C=[N+]=[N-])C(=O)N[C@@H](CCC(=O)C=[N+]=[N-])C(=O)OC(C)C)NC(=O)CNC(=O)OCC1c2ccccc2-c2ccccc21. The summed E-state index contributed by atoms with van der Waals surface area (Å²) in [6.45, 7) is 5.70. The molecule has 0 fully saturated rings. The van der Waals surface area contributed by atoms with Crippen LogP contribution < -0.4 is 21.3 Å². The van der Waals surface area contributed by atoms with Gasteiger partial charge in [-0.25, -0.2) is 14.4 Å². The predicted molar refractivity (Wildman–Crippen MR) is 208 cm³/mol. The minimum Gasteiger partial charge on any atom is -0.461 e. The molecule has 0 aliphatic heterocycles. The van der Waals surface area contributed by atoms with Crippen molar-refractivity contribution in [3.8, 4) is 11.1 Å². The first-order valence-corrected chi connectivity index (χ1v) is 18.9. The first-order valence-electron chi connectivity index (χ1n) is 18.9. The summed E-state index contributed by atoms with van der Waals surface area (Å²) in [5.74, 6) is -5.89. The molecule has 0 saturated heterocycles. The predicted octanol–water partition coefficient (Wildman–Crippen LogP) is 1.96. The van der Waals surface area contributed by atoms with Crippen LogP contribution in [-0.4, -0.2) is 113 Å². The Morgan fingerprint density at radius 2 is 1.10 bits per heavy atom. The van der Waals surface area contributed by atoms with Crippen LogP contribution in [0.3, 0.4) is 0 Å². The number of carbonyl (C=O) groups excluding carboxylic acids is 8. The quantitative estimate of drug-likeness (QED) is 0.0413. The van der Waals surface area contributed by atoms with Crippen LogP contribution in [0.25, 0.3) is 22.2 Å². The van der Waals surface area contributed by atoms with Gasteiger partial charge >= 0.3 is 30.5 Å². The summed E-state index contributed by atoms with van der Waals surface area (Å²) in [4.78, 5) is 107. The van der Waals surface area contributed by atoms with E-state index in [1.807, 2.05) is 48.5 Å².